The van der Waals surface area contributed by atoms with E-state index in [-0.39, 0.29) is 0 Å². The summed E-state index contributed by atoms with van der Waals surface area (Å²) in [6.45, 7) is 0. The second-order valence-corrected chi connectivity index (χ2v) is 19.6. The van der Waals surface area contributed by atoms with Crippen molar-refractivity contribution in [2.45, 2.75) is 0 Å². The van der Waals surface area contributed by atoms with Crippen molar-refractivity contribution in [1.82, 2.24) is 0 Å². The Hall–Kier alpha value is -7.34. The predicted octanol–water partition coefficient (Wildman–Crippen LogP) is 18.9. The van der Waals surface area contributed by atoms with Crippen LogP contribution in [0.15, 0.2) is 224 Å². The van der Waals surface area contributed by atoms with Crippen LogP contribution in [0.4, 0.5) is 17.1 Å². The summed E-state index contributed by atoms with van der Waals surface area (Å²) in [5, 5.41) is 7.83. The maximum absolute atomic E-state index is 2.47. The summed E-state index contributed by atoms with van der Waals surface area (Å²) in [5.74, 6) is 0. The Morgan fingerprint density at radius 3 is 1.30 bits per heavy atom. The number of anilines is 3. The third kappa shape index (κ3) is 6.17. The minimum absolute atomic E-state index is 1.11. The Balaban J connectivity index is 0.994. The highest BCUT2D eigenvalue weighted by Crippen LogP contribution is 2.51. The lowest BCUT2D eigenvalue weighted by Gasteiger charge is -2.27. The fourth-order valence-corrected chi connectivity index (χ4v) is 13.2. The molecular weight excluding hydrogens is 831 g/mol. The molecule has 0 bridgehead atoms. The van der Waals surface area contributed by atoms with E-state index < -0.39 is 0 Å². The third-order valence-corrected chi connectivity index (χ3v) is 16.3. The molecular formula is C60H37NS3. The van der Waals surface area contributed by atoms with Crippen LogP contribution in [0.25, 0.3) is 105 Å². The zero-order valence-corrected chi connectivity index (χ0v) is 37.0. The van der Waals surface area contributed by atoms with Gasteiger partial charge in [-0.15, -0.1) is 34.0 Å². The molecule has 300 valence electrons. The lowest BCUT2D eigenvalue weighted by Crippen LogP contribution is -2.10. The molecule has 0 spiro atoms. The molecule has 0 radical (unpaired) electrons. The Labute approximate surface area is 383 Å². The fourth-order valence-electron chi connectivity index (χ4n) is 9.61. The smallest absolute Gasteiger partial charge is 0.0640 e. The number of fused-ring (bicyclic) bond motifs is 9. The minimum atomic E-state index is 1.11. The van der Waals surface area contributed by atoms with Crippen molar-refractivity contribution in [3.05, 3.63) is 224 Å². The van der Waals surface area contributed by atoms with Gasteiger partial charge in [-0.25, -0.2) is 0 Å². The van der Waals surface area contributed by atoms with E-state index in [9.17, 15) is 0 Å². The summed E-state index contributed by atoms with van der Waals surface area (Å²) >= 11 is 5.63. The van der Waals surface area contributed by atoms with Gasteiger partial charge in [0.05, 0.1) is 10.4 Å². The highest BCUT2D eigenvalue weighted by molar-refractivity contribution is 7.27. The number of benzene rings is 10. The third-order valence-electron chi connectivity index (χ3n) is 12.7. The van der Waals surface area contributed by atoms with Crippen molar-refractivity contribution in [3.63, 3.8) is 0 Å². The molecule has 0 aliphatic rings. The van der Waals surface area contributed by atoms with Crippen molar-refractivity contribution >= 4 is 112 Å². The molecule has 0 N–H and O–H groups in total. The molecule has 3 aromatic heterocycles. The topological polar surface area (TPSA) is 3.24 Å². The molecule has 13 aromatic rings. The summed E-state index contributed by atoms with van der Waals surface area (Å²) < 4.78 is 7.86. The molecule has 13 rings (SSSR count). The number of thiophene rings is 3. The minimum Gasteiger partial charge on any atom is -0.309 e. The Kier molecular flexibility index (Phi) is 8.83. The lowest BCUT2D eigenvalue weighted by molar-refractivity contribution is 1.30. The number of hydrogen-bond acceptors (Lipinski definition) is 4. The molecule has 10 aromatic carbocycles. The summed E-state index contributed by atoms with van der Waals surface area (Å²) in [4.78, 5) is 2.47. The Morgan fingerprint density at radius 1 is 0.266 bits per heavy atom. The van der Waals surface area contributed by atoms with Gasteiger partial charge >= 0.3 is 0 Å². The molecule has 0 saturated heterocycles. The van der Waals surface area contributed by atoms with Crippen LogP contribution in [0, 0.1) is 0 Å². The van der Waals surface area contributed by atoms with E-state index in [1.165, 1.54) is 105 Å². The molecule has 0 atom stereocenters. The van der Waals surface area contributed by atoms with Crippen molar-refractivity contribution in [2.24, 2.45) is 0 Å². The van der Waals surface area contributed by atoms with Crippen LogP contribution >= 0.6 is 34.0 Å². The Bertz CT molecular complexity index is 3720. The molecule has 0 fully saturated rings. The van der Waals surface area contributed by atoms with Gasteiger partial charge in [-0.1, -0.05) is 158 Å². The van der Waals surface area contributed by atoms with Gasteiger partial charge in [0.2, 0.25) is 0 Å². The van der Waals surface area contributed by atoms with Gasteiger partial charge < -0.3 is 4.90 Å². The van der Waals surface area contributed by atoms with Crippen LogP contribution < -0.4 is 4.90 Å². The molecule has 0 unspecified atom stereocenters. The van der Waals surface area contributed by atoms with Crippen LogP contribution in [0.3, 0.4) is 0 Å². The highest BCUT2D eigenvalue weighted by atomic mass is 32.1. The molecule has 4 heteroatoms. The maximum atomic E-state index is 2.47. The van der Waals surface area contributed by atoms with Crippen molar-refractivity contribution < 1.29 is 0 Å². The van der Waals surface area contributed by atoms with E-state index in [1.807, 2.05) is 34.0 Å². The monoisotopic (exact) mass is 867 g/mol. The quantitative estimate of drug-likeness (QED) is 0.154. The van der Waals surface area contributed by atoms with Crippen LogP contribution in [-0.4, -0.2) is 0 Å². The molecule has 1 nitrogen and oxygen atoms in total. The van der Waals surface area contributed by atoms with Crippen molar-refractivity contribution in [3.8, 4) is 44.5 Å². The largest absolute Gasteiger partial charge is 0.309 e. The highest BCUT2D eigenvalue weighted by Gasteiger charge is 2.23. The van der Waals surface area contributed by atoms with E-state index in [4.69, 9.17) is 0 Å². The van der Waals surface area contributed by atoms with Gasteiger partial charge in [-0.05, 0) is 111 Å². The van der Waals surface area contributed by atoms with Gasteiger partial charge in [0, 0.05) is 67.2 Å². The fraction of sp³-hybridized carbons (Fsp3) is 0. The average molecular weight is 868 g/mol. The van der Waals surface area contributed by atoms with E-state index in [0.29, 0.717) is 0 Å². The molecule has 0 aliphatic carbocycles. The first-order valence-electron chi connectivity index (χ1n) is 21.6. The average Bonchev–Trinajstić information content (AvgIpc) is 4.07. The number of hydrogen-bond donors (Lipinski definition) is 0. The summed E-state index contributed by atoms with van der Waals surface area (Å²) in [7, 11) is 0. The molecule has 3 heterocycles. The van der Waals surface area contributed by atoms with Crippen molar-refractivity contribution in [1.29, 1.82) is 0 Å². The number of rotatable bonds is 7. The van der Waals surface area contributed by atoms with Crippen LogP contribution in [0.1, 0.15) is 0 Å². The normalized spacial score (nSPS) is 11.8. The second kappa shape index (κ2) is 15.2. The SMILES string of the molecule is c1ccc(-c2cccc3c2sc2c(N(c4ccc(-c5ccc6sc7ccccc7c6c5)cc4)c4ccc(-c5ccc6sc7ccccc7c6c5)cc4)ccc(-c4ccccc4)c23)cc1. The van der Waals surface area contributed by atoms with Crippen LogP contribution in [0.2, 0.25) is 0 Å². The zero-order chi connectivity index (χ0) is 42.1. The van der Waals surface area contributed by atoms with Crippen molar-refractivity contribution in [2.75, 3.05) is 4.90 Å². The first-order chi connectivity index (χ1) is 31.7. The van der Waals surface area contributed by atoms with Gasteiger partial charge in [0.1, 0.15) is 0 Å². The first kappa shape index (κ1) is 37.2. The maximum Gasteiger partial charge on any atom is 0.0640 e. The van der Waals surface area contributed by atoms with E-state index in [2.05, 4.69) is 229 Å². The van der Waals surface area contributed by atoms with E-state index >= 15 is 0 Å². The molecule has 0 aliphatic heterocycles. The summed E-state index contributed by atoms with van der Waals surface area (Å²) in [6, 6.07) is 82.9. The lowest BCUT2D eigenvalue weighted by atomic mass is 9.96. The molecule has 0 saturated carbocycles. The second-order valence-electron chi connectivity index (χ2n) is 16.4. The summed E-state index contributed by atoms with van der Waals surface area (Å²) in [6.07, 6.45) is 0. The van der Waals surface area contributed by atoms with E-state index in [0.717, 1.165) is 17.1 Å². The van der Waals surface area contributed by atoms with E-state index in [1.54, 1.807) is 0 Å². The summed E-state index contributed by atoms with van der Waals surface area (Å²) in [5.41, 5.74) is 13.2. The number of nitrogens with zero attached hydrogens (tertiary/aromatic N) is 1. The standard InChI is InChI=1S/C60H37NS3/c1-3-12-40(13-4-1)46-32-33-53(60-58(46)50-19-11-18-47(59(50)64-60)41-14-5-2-6-15-41)61(44-28-22-38(23-29-44)42-26-34-56-51(36-42)48-16-7-9-20-54(48)62-56)45-30-24-39(25-31-45)43-27-35-57-52(37-43)49-17-8-10-21-55(49)63-57/h1-37H. The first-order valence-corrected chi connectivity index (χ1v) is 24.1. The van der Waals surface area contributed by atoms with Gasteiger partial charge in [0.25, 0.3) is 0 Å². The Morgan fingerprint density at radius 2 is 0.734 bits per heavy atom. The zero-order valence-electron chi connectivity index (χ0n) is 34.5. The van der Waals surface area contributed by atoms with Gasteiger partial charge in [0.15, 0.2) is 0 Å². The predicted molar refractivity (Wildman–Crippen MR) is 282 cm³/mol. The van der Waals surface area contributed by atoms with Gasteiger partial charge in [-0.3, -0.25) is 0 Å². The molecule has 64 heavy (non-hydrogen) atoms. The van der Waals surface area contributed by atoms with Crippen LogP contribution in [0.5, 0.6) is 0 Å². The molecule has 0 amide bonds. The van der Waals surface area contributed by atoms with Crippen LogP contribution in [-0.2, 0) is 0 Å². The van der Waals surface area contributed by atoms with Gasteiger partial charge in [-0.2, -0.15) is 0 Å².